The molecule has 0 aromatic rings. The number of hydrogen-bond donors (Lipinski definition) is 2. The number of aliphatic hydroxyl groups is 1. The Hall–Kier alpha value is -0.320. The van der Waals surface area contributed by atoms with Gasteiger partial charge in [-0.3, -0.25) is 4.79 Å². The Kier molecular flexibility index (Phi) is 6.94. The zero-order valence-corrected chi connectivity index (χ0v) is 20.6. The number of nitrogens with zero attached hydrogens (tertiary/aromatic N) is 1. The molecule has 4 aliphatic carbocycles. The number of aliphatic hydroxyl groups excluding tert-OH is 1. The van der Waals surface area contributed by atoms with E-state index in [1.807, 2.05) is 18.9 Å². The fourth-order valence-corrected chi connectivity index (χ4v) is 8.92. The average molecular weight is 441 g/mol. The molecular formula is C25H45ClN2O2. The van der Waals surface area contributed by atoms with Crippen molar-refractivity contribution in [3.8, 4) is 0 Å². The maximum Gasteiger partial charge on any atom is 0.239 e. The van der Waals surface area contributed by atoms with Crippen molar-refractivity contribution >= 4 is 18.3 Å². The monoisotopic (exact) mass is 440 g/mol. The maximum atomic E-state index is 12.4. The van der Waals surface area contributed by atoms with Gasteiger partial charge in [-0.2, -0.15) is 0 Å². The van der Waals surface area contributed by atoms with Crippen molar-refractivity contribution in [3.05, 3.63) is 0 Å². The maximum absolute atomic E-state index is 12.4. The minimum atomic E-state index is -0.399. The van der Waals surface area contributed by atoms with Crippen LogP contribution in [0.15, 0.2) is 0 Å². The second kappa shape index (κ2) is 8.56. The number of amides is 1. The van der Waals surface area contributed by atoms with Gasteiger partial charge < -0.3 is 15.7 Å². The van der Waals surface area contributed by atoms with Crippen LogP contribution in [0.5, 0.6) is 0 Å². The predicted molar refractivity (Wildman–Crippen MR) is 124 cm³/mol. The van der Waals surface area contributed by atoms with Gasteiger partial charge >= 0.3 is 0 Å². The molecule has 0 spiro atoms. The molecule has 30 heavy (non-hydrogen) atoms. The second-order valence-electron chi connectivity index (χ2n) is 11.8. The van der Waals surface area contributed by atoms with Gasteiger partial charge in [-0.25, -0.2) is 0 Å². The zero-order chi connectivity index (χ0) is 21.1. The fraction of sp³-hybridized carbons (Fsp3) is 0.960. The summed E-state index contributed by atoms with van der Waals surface area (Å²) in [5.74, 6) is 3.81. The first-order valence-electron chi connectivity index (χ1n) is 12.3. The summed E-state index contributed by atoms with van der Waals surface area (Å²) >= 11 is 0. The van der Waals surface area contributed by atoms with Crippen LogP contribution in [0.1, 0.15) is 85.5 Å². The zero-order valence-electron chi connectivity index (χ0n) is 19.8. The highest BCUT2D eigenvalue weighted by atomic mass is 35.5. The molecule has 4 saturated carbocycles. The fourth-order valence-electron chi connectivity index (χ4n) is 8.92. The van der Waals surface area contributed by atoms with E-state index in [1.165, 1.54) is 44.9 Å². The summed E-state index contributed by atoms with van der Waals surface area (Å²) in [6.07, 6.45) is 11.2. The Morgan fingerprint density at radius 3 is 2.27 bits per heavy atom. The molecule has 10 atom stereocenters. The quantitative estimate of drug-likeness (QED) is 0.672. The summed E-state index contributed by atoms with van der Waals surface area (Å²) in [7, 11) is 1.96. The molecule has 0 saturated heterocycles. The minimum absolute atomic E-state index is 0. The highest BCUT2D eigenvalue weighted by Crippen LogP contribution is 2.67. The molecule has 0 aliphatic heterocycles. The van der Waals surface area contributed by atoms with E-state index in [0.29, 0.717) is 22.8 Å². The van der Waals surface area contributed by atoms with Gasteiger partial charge in [0.2, 0.25) is 5.91 Å². The smallest absolute Gasteiger partial charge is 0.239 e. The van der Waals surface area contributed by atoms with Crippen LogP contribution in [0.4, 0.5) is 0 Å². The molecule has 3 N–H and O–H groups in total. The SMILES string of the molecule is CC(N)C(=O)N(C)C1CC[C@@]2(C)C(CC[C@H]3[C@@H]4CC[C@H]([C@H](C)O)[C@@]4(C)CC[C@@H]32)C1.Cl. The molecule has 4 fully saturated rings. The second-order valence-corrected chi connectivity index (χ2v) is 11.8. The molecule has 1 amide bonds. The van der Waals surface area contributed by atoms with Crippen LogP contribution in [0, 0.1) is 40.4 Å². The van der Waals surface area contributed by atoms with E-state index in [0.717, 1.165) is 36.5 Å². The Labute approximate surface area is 190 Å². The van der Waals surface area contributed by atoms with E-state index in [9.17, 15) is 9.90 Å². The summed E-state index contributed by atoms with van der Waals surface area (Å²) in [6, 6.07) is -0.0348. The molecule has 0 heterocycles. The van der Waals surface area contributed by atoms with E-state index in [2.05, 4.69) is 13.8 Å². The first-order chi connectivity index (χ1) is 13.6. The molecule has 0 aromatic carbocycles. The molecule has 0 radical (unpaired) electrons. The molecule has 4 aliphatic rings. The molecule has 0 aromatic heterocycles. The lowest BCUT2D eigenvalue weighted by Crippen LogP contribution is -2.56. The van der Waals surface area contributed by atoms with E-state index < -0.39 is 6.04 Å². The van der Waals surface area contributed by atoms with E-state index >= 15 is 0 Å². The third kappa shape index (κ3) is 3.63. The lowest BCUT2D eigenvalue weighted by atomic mass is 9.44. The van der Waals surface area contributed by atoms with E-state index in [-0.39, 0.29) is 24.4 Å². The molecule has 3 unspecified atom stereocenters. The van der Waals surface area contributed by atoms with Crippen LogP contribution >= 0.6 is 12.4 Å². The van der Waals surface area contributed by atoms with Gasteiger partial charge in [0.25, 0.3) is 0 Å². The lowest BCUT2D eigenvalue weighted by Gasteiger charge is -2.61. The molecule has 4 nitrogen and oxygen atoms in total. The van der Waals surface area contributed by atoms with Crippen molar-refractivity contribution in [2.75, 3.05) is 7.05 Å². The van der Waals surface area contributed by atoms with Crippen molar-refractivity contribution in [2.45, 2.75) is 104 Å². The Morgan fingerprint density at radius 2 is 1.63 bits per heavy atom. The van der Waals surface area contributed by atoms with Crippen molar-refractivity contribution in [1.82, 2.24) is 4.90 Å². The number of nitrogens with two attached hydrogens (primary N) is 1. The third-order valence-corrected chi connectivity index (χ3v) is 10.6. The number of halogens is 1. The third-order valence-electron chi connectivity index (χ3n) is 10.6. The lowest BCUT2D eigenvalue weighted by molar-refractivity contribution is -0.142. The standard InChI is InChI=1S/C25H44N2O2.ClH/c1-15(26)23(29)27(5)18-10-12-24(3)17(14-18)6-7-19-21-9-8-20(16(2)28)25(21,4)13-11-22(19)24;/h15-22,28H,6-14,26H2,1-5H3;1H/t15?,16-,17?,18?,19-,20+,21-,22-,24-,25+;/m0./s1. The summed E-state index contributed by atoms with van der Waals surface area (Å²) in [5.41, 5.74) is 6.65. The normalized spacial score (nSPS) is 47.2. The van der Waals surface area contributed by atoms with Crippen LogP contribution in [-0.2, 0) is 4.79 Å². The summed E-state index contributed by atoms with van der Waals surface area (Å²) in [6.45, 7) is 8.90. The molecule has 174 valence electrons. The minimum Gasteiger partial charge on any atom is -0.393 e. The first-order valence-corrected chi connectivity index (χ1v) is 12.3. The van der Waals surface area contributed by atoms with Gasteiger partial charge in [-0.1, -0.05) is 13.8 Å². The van der Waals surface area contributed by atoms with Crippen LogP contribution in [0.25, 0.3) is 0 Å². The first kappa shape index (κ1) is 24.3. The largest absolute Gasteiger partial charge is 0.393 e. The average Bonchev–Trinajstić information content (AvgIpc) is 3.03. The molecule has 5 heteroatoms. The highest BCUT2D eigenvalue weighted by Gasteiger charge is 2.60. The van der Waals surface area contributed by atoms with Gasteiger partial charge in [0.1, 0.15) is 0 Å². The van der Waals surface area contributed by atoms with Crippen molar-refractivity contribution in [3.63, 3.8) is 0 Å². The number of carbonyl (C=O) groups is 1. The summed E-state index contributed by atoms with van der Waals surface area (Å²) in [4.78, 5) is 14.4. The van der Waals surface area contributed by atoms with Crippen LogP contribution < -0.4 is 5.73 Å². The number of likely N-dealkylation sites (N-methyl/N-ethyl adjacent to an activating group) is 1. The van der Waals surface area contributed by atoms with Crippen molar-refractivity contribution in [2.24, 2.45) is 46.2 Å². The topological polar surface area (TPSA) is 66.6 Å². The Balaban J connectivity index is 0.00000256. The number of fused-ring (bicyclic) bond motifs is 5. The van der Waals surface area contributed by atoms with E-state index in [1.54, 1.807) is 6.92 Å². The van der Waals surface area contributed by atoms with Gasteiger partial charge in [0, 0.05) is 13.1 Å². The van der Waals surface area contributed by atoms with Gasteiger partial charge in [0.05, 0.1) is 12.1 Å². The van der Waals surface area contributed by atoms with Crippen molar-refractivity contribution < 1.29 is 9.90 Å². The number of hydrogen-bond acceptors (Lipinski definition) is 3. The van der Waals surface area contributed by atoms with Gasteiger partial charge in [-0.15, -0.1) is 12.4 Å². The van der Waals surface area contributed by atoms with Crippen LogP contribution in [0.2, 0.25) is 0 Å². The van der Waals surface area contributed by atoms with Crippen LogP contribution in [-0.4, -0.2) is 41.1 Å². The van der Waals surface area contributed by atoms with Crippen LogP contribution in [0.3, 0.4) is 0 Å². The highest BCUT2D eigenvalue weighted by molar-refractivity contribution is 5.85. The van der Waals surface area contributed by atoms with E-state index in [4.69, 9.17) is 5.73 Å². The summed E-state index contributed by atoms with van der Waals surface area (Å²) < 4.78 is 0. The molecular weight excluding hydrogens is 396 g/mol. The Bertz CT molecular complexity index is 641. The van der Waals surface area contributed by atoms with Gasteiger partial charge in [0.15, 0.2) is 0 Å². The molecule has 4 rings (SSSR count). The predicted octanol–water partition coefficient (Wildman–Crippen LogP) is 4.62. The number of rotatable bonds is 3. The summed E-state index contributed by atoms with van der Waals surface area (Å²) in [5, 5.41) is 10.4. The number of carbonyl (C=O) groups excluding carboxylic acids is 1. The van der Waals surface area contributed by atoms with Gasteiger partial charge in [-0.05, 0) is 112 Å². The van der Waals surface area contributed by atoms with Crippen molar-refractivity contribution in [1.29, 1.82) is 0 Å². The molecule has 0 bridgehead atoms. The Morgan fingerprint density at radius 1 is 1.00 bits per heavy atom.